The highest BCUT2D eigenvalue weighted by molar-refractivity contribution is 7.93. The fraction of sp³-hybridized carbons (Fsp3) is 0.444. The zero-order valence-corrected chi connectivity index (χ0v) is 14.7. The van der Waals surface area contributed by atoms with Crippen molar-refractivity contribution < 1.29 is 24.0 Å². The van der Waals surface area contributed by atoms with Crippen LogP contribution in [0.5, 0.6) is 5.75 Å². The molecule has 0 unspecified atom stereocenters. The highest BCUT2D eigenvalue weighted by Gasteiger charge is 2.28. The lowest BCUT2D eigenvalue weighted by atomic mass is 9.90. The van der Waals surface area contributed by atoms with Gasteiger partial charge in [-0.05, 0) is 37.5 Å². The number of aromatic hydroxyl groups is 1. The topological polar surface area (TPSA) is 104 Å². The molecule has 1 heterocycles. The summed E-state index contributed by atoms with van der Waals surface area (Å²) in [5, 5.41) is 19.9. The quantitative estimate of drug-likeness (QED) is 0.632. The third-order valence-corrected chi connectivity index (χ3v) is 6.92. The van der Waals surface area contributed by atoms with E-state index in [0.717, 1.165) is 19.3 Å². The number of aliphatic hydroxyl groups excluding tert-OH is 1. The number of ketones is 2. The molecule has 1 aliphatic carbocycles. The minimum absolute atomic E-state index is 0.0982. The molecular formula is C18H21NO5S. The van der Waals surface area contributed by atoms with Gasteiger partial charge in [-0.15, -0.1) is 0 Å². The van der Waals surface area contributed by atoms with Crippen molar-refractivity contribution in [3.05, 3.63) is 35.1 Å². The van der Waals surface area contributed by atoms with Crippen LogP contribution in [0.25, 0.3) is 0 Å². The normalized spacial score (nSPS) is 20.4. The highest BCUT2D eigenvalue weighted by atomic mass is 32.2. The van der Waals surface area contributed by atoms with Gasteiger partial charge in [-0.2, -0.15) is 4.36 Å². The first kappa shape index (κ1) is 17.7. The summed E-state index contributed by atoms with van der Waals surface area (Å²) in [5.41, 5.74) is 0.0537. The molecule has 0 spiro atoms. The van der Waals surface area contributed by atoms with Gasteiger partial charge in [-0.25, -0.2) is 4.21 Å². The van der Waals surface area contributed by atoms with Crippen LogP contribution >= 0.6 is 0 Å². The second-order valence-electron chi connectivity index (χ2n) is 6.46. The Kier molecular flexibility index (Phi) is 4.94. The van der Waals surface area contributed by atoms with Gasteiger partial charge in [0, 0.05) is 29.9 Å². The van der Waals surface area contributed by atoms with Crippen LogP contribution in [0.3, 0.4) is 0 Å². The molecule has 1 saturated heterocycles. The molecule has 6 nitrogen and oxygen atoms in total. The number of hydrogen-bond donors (Lipinski definition) is 2. The standard InChI is InChI=1S/C18H21NO5S/c20-14-8-7-12(18(23)17-15(21)5-4-6-16(17)22)11-13(14)19-25(24)9-2-1-3-10-25/h7-8,11,20-21H,1-6,9-10H2. The summed E-state index contributed by atoms with van der Waals surface area (Å²) in [6.07, 6.45) is 3.74. The van der Waals surface area contributed by atoms with E-state index in [1.807, 2.05) is 0 Å². The lowest BCUT2D eigenvalue weighted by Gasteiger charge is -2.16. The maximum absolute atomic E-state index is 12.7. The summed E-state index contributed by atoms with van der Waals surface area (Å²) < 4.78 is 17.0. The molecule has 0 bridgehead atoms. The minimum atomic E-state index is -2.43. The first-order valence-electron chi connectivity index (χ1n) is 8.45. The molecule has 3 rings (SSSR count). The zero-order valence-electron chi connectivity index (χ0n) is 13.9. The predicted octanol–water partition coefficient (Wildman–Crippen LogP) is 3.42. The van der Waals surface area contributed by atoms with Gasteiger partial charge in [-0.1, -0.05) is 6.42 Å². The molecule has 1 aromatic rings. The van der Waals surface area contributed by atoms with Crippen LogP contribution < -0.4 is 0 Å². The number of hydrogen-bond acceptors (Lipinski definition) is 6. The fourth-order valence-corrected chi connectivity index (χ4v) is 5.37. The maximum Gasteiger partial charge on any atom is 0.200 e. The van der Waals surface area contributed by atoms with E-state index in [9.17, 15) is 24.0 Å². The van der Waals surface area contributed by atoms with Crippen LogP contribution in [0.15, 0.2) is 33.9 Å². The van der Waals surface area contributed by atoms with Crippen molar-refractivity contribution >= 4 is 27.0 Å². The number of rotatable bonds is 3. The number of aliphatic hydroxyl groups is 1. The molecule has 25 heavy (non-hydrogen) atoms. The van der Waals surface area contributed by atoms with Gasteiger partial charge in [0.2, 0.25) is 0 Å². The van der Waals surface area contributed by atoms with E-state index in [2.05, 4.69) is 4.36 Å². The monoisotopic (exact) mass is 363 g/mol. The molecule has 134 valence electrons. The number of benzene rings is 1. The van der Waals surface area contributed by atoms with E-state index in [0.29, 0.717) is 24.3 Å². The van der Waals surface area contributed by atoms with Crippen LogP contribution in [0, 0.1) is 0 Å². The molecule has 0 atom stereocenters. The van der Waals surface area contributed by atoms with Crippen LogP contribution in [-0.4, -0.2) is 37.5 Å². The number of phenolic OH excluding ortho intramolecular Hbond substituents is 1. The number of Topliss-reactive ketones (excluding diaryl/α,β-unsaturated/α-hetero) is 2. The van der Waals surface area contributed by atoms with Crippen molar-refractivity contribution in [3.8, 4) is 5.75 Å². The first-order valence-corrected chi connectivity index (χ1v) is 10.3. The lowest BCUT2D eigenvalue weighted by Crippen LogP contribution is -2.19. The average Bonchev–Trinajstić information content (AvgIpc) is 2.57. The number of nitrogens with zero attached hydrogens (tertiary/aromatic N) is 1. The maximum atomic E-state index is 12.7. The van der Waals surface area contributed by atoms with Gasteiger partial charge in [0.15, 0.2) is 11.6 Å². The fourth-order valence-electron chi connectivity index (χ4n) is 3.17. The van der Waals surface area contributed by atoms with Gasteiger partial charge in [0.1, 0.15) is 22.8 Å². The van der Waals surface area contributed by atoms with E-state index >= 15 is 0 Å². The Balaban J connectivity index is 2.00. The van der Waals surface area contributed by atoms with Crippen molar-refractivity contribution in [2.24, 2.45) is 4.36 Å². The summed E-state index contributed by atoms with van der Waals surface area (Å²) in [4.78, 5) is 24.6. The molecule has 1 aliphatic heterocycles. The summed E-state index contributed by atoms with van der Waals surface area (Å²) in [7, 11) is -2.43. The molecule has 0 saturated carbocycles. The minimum Gasteiger partial charge on any atom is -0.511 e. The molecular weight excluding hydrogens is 342 g/mol. The Labute approximate surface area is 146 Å². The summed E-state index contributed by atoms with van der Waals surface area (Å²) in [6, 6.07) is 4.04. The Morgan fingerprint density at radius 1 is 1.04 bits per heavy atom. The second-order valence-corrected chi connectivity index (χ2v) is 9.01. The molecule has 2 aliphatic rings. The third kappa shape index (κ3) is 3.76. The van der Waals surface area contributed by atoms with Crippen molar-refractivity contribution in [2.75, 3.05) is 11.5 Å². The van der Waals surface area contributed by atoms with Gasteiger partial charge in [0.05, 0.1) is 9.73 Å². The van der Waals surface area contributed by atoms with E-state index in [4.69, 9.17) is 0 Å². The lowest BCUT2D eigenvalue weighted by molar-refractivity contribution is -0.116. The van der Waals surface area contributed by atoms with Gasteiger partial charge >= 0.3 is 0 Å². The molecule has 7 heteroatoms. The van der Waals surface area contributed by atoms with E-state index in [-0.39, 0.29) is 40.5 Å². The van der Waals surface area contributed by atoms with E-state index in [1.54, 1.807) is 0 Å². The highest BCUT2D eigenvalue weighted by Crippen LogP contribution is 2.32. The molecule has 0 amide bonds. The van der Waals surface area contributed by atoms with Gasteiger partial charge in [-0.3, -0.25) is 9.59 Å². The Morgan fingerprint density at radius 3 is 2.44 bits per heavy atom. The Hall–Kier alpha value is -2.15. The van der Waals surface area contributed by atoms with Crippen molar-refractivity contribution in [2.45, 2.75) is 38.5 Å². The smallest absolute Gasteiger partial charge is 0.200 e. The first-order chi connectivity index (χ1) is 11.9. The number of carbonyl (C=O) groups excluding carboxylic acids is 2. The van der Waals surface area contributed by atoms with Crippen molar-refractivity contribution in [1.29, 1.82) is 0 Å². The SMILES string of the molecule is O=C1CCCC(O)=C1C(=O)c1ccc(O)c(N=S2(=O)CCCCC2)c1. The number of carbonyl (C=O) groups is 2. The third-order valence-electron chi connectivity index (χ3n) is 4.54. The zero-order chi connectivity index (χ0) is 18.0. The molecule has 0 aromatic heterocycles. The average molecular weight is 363 g/mol. The van der Waals surface area contributed by atoms with E-state index in [1.165, 1.54) is 18.2 Å². The summed E-state index contributed by atoms with van der Waals surface area (Å²) in [6.45, 7) is 0. The molecule has 1 fully saturated rings. The Morgan fingerprint density at radius 2 is 1.76 bits per heavy atom. The van der Waals surface area contributed by atoms with Crippen LogP contribution in [0.4, 0.5) is 5.69 Å². The van der Waals surface area contributed by atoms with Crippen LogP contribution in [0.1, 0.15) is 48.9 Å². The molecule has 0 radical (unpaired) electrons. The largest absolute Gasteiger partial charge is 0.511 e. The number of allylic oxidation sites excluding steroid dienone is 2. The molecule has 1 aromatic carbocycles. The van der Waals surface area contributed by atoms with Crippen molar-refractivity contribution in [3.63, 3.8) is 0 Å². The van der Waals surface area contributed by atoms with E-state index < -0.39 is 15.5 Å². The van der Waals surface area contributed by atoms with Gasteiger partial charge < -0.3 is 10.2 Å². The predicted molar refractivity (Wildman–Crippen MR) is 94.8 cm³/mol. The Bertz CT molecular complexity index is 865. The van der Waals surface area contributed by atoms with Gasteiger partial charge in [0.25, 0.3) is 0 Å². The summed E-state index contributed by atoms with van der Waals surface area (Å²) in [5.74, 6) is -0.343. The van der Waals surface area contributed by atoms with Crippen LogP contribution in [-0.2, 0) is 14.5 Å². The molecule has 2 N–H and O–H groups in total. The van der Waals surface area contributed by atoms with Crippen molar-refractivity contribution in [1.82, 2.24) is 0 Å². The van der Waals surface area contributed by atoms with Crippen LogP contribution in [0.2, 0.25) is 0 Å². The second kappa shape index (κ2) is 7.00. The summed E-state index contributed by atoms with van der Waals surface area (Å²) >= 11 is 0. The number of phenols is 1.